The lowest BCUT2D eigenvalue weighted by Gasteiger charge is -2.26. The Hall–Kier alpha value is -2.21. The molecule has 27 heavy (non-hydrogen) atoms. The summed E-state index contributed by atoms with van der Waals surface area (Å²) in [4.78, 5) is 13.4. The van der Waals surface area contributed by atoms with E-state index in [9.17, 15) is 9.18 Å². The number of rotatable bonds is 4. The number of halogens is 1. The fraction of sp³-hybridized carbons (Fsp3) is 0.381. The Labute approximate surface area is 162 Å². The highest BCUT2D eigenvalue weighted by Gasteiger charge is 2.32. The summed E-state index contributed by atoms with van der Waals surface area (Å²) in [7, 11) is 0. The average Bonchev–Trinajstić information content (AvgIpc) is 2.95. The van der Waals surface area contributed by atoms with E-state index in [0.717, 1.165) is 40.4 Å². The van der Waals surface area contributed by atoms with Crippen molar-refractivity contribution < 1.29 is 18.7 Å². The molecule has 2 aliphatic rings. The SMILES string of the molecule is CC1(C)Cc2cccc(OCC(=O)NC3CCSc4ccc(F)cc43)c2O1. The number of benzene rings is 2. The quantitative estimate of drug-likeness (QED) is 0.851. The van der Waals surface area contributed by atoms with Gasteiger partial charge in [-0.1, -0.05) is 12.1 Å². The number of carbonyl (C=O) groups is 1. The van der Waals surface area contributed by atoms with Gasteiger partial charge in [-0.3, -0.25) is 4.79 Å². The number of amides is 1. The topological polar surface area (TPSA) is 47.6 Å². The minimum Gasteiger partial charge on any atom is -0.483 e. The first-order valence-corrected chi connectivity index (χ1v) is 10.1. The Balaban J connectivity index is 1.41. The molecule has 1 N–H and O–H groups in total. The molecular weight excluding hydrogens is 365 g/mol. The van der Waals surface area contributed by atoms with Gasteiger partial charge >= 0.3 is 0 Å². The van der Waals surface area contributed by atoms with Crippen molar-refractivity contribution >= 4 is 17.7 Å². The van der Waals surface area contributed by atoms with Gasteiger partial charge in [0.1, 0.15) is 11.4 Å². The number of carbonyl (C=O) groups excluding carboxylic acids is 1. The second-order valence-corrected chi connectivity index (χ2v) is 8.65. The average molecular weight is 387 g/mol. The zero-order valence-electron chi connectivity index (χ0n) is 15.4. The van der Waals surface area contributed by atoms with E-state index < -0.39 is 0 Å². The molecule has 1 atom stereocenters. The predicted octanol–water partition coefficient (Wildman–Crippen LogP) is 4.27. The van der Waals surface area contributed by atoms with Crippen molar-refractivity contribution in [3.05, 3.63) is 53.3 Å². The summed E-state index contributed by atoms with van der Waals surface area (Å²) in [6.07, 6.45) is 1.58. The number of hydrogen-bond acceptors (Lipinski definition) is 4. The molecule has 0 saturated heterocycles. The summed E-state index contributed by atoms with van der Waals surface area (Å²) in [6.45, 7) is 3.96. The molecule has 0 aromatic heterocycles. The molecule has 0 fully saturated rings. The van der Waals surface area contributed by atoms with Gasteiger partial charge in [-0.2, -0.15) is 0 Å². The van der Waals surface area contributed by atoms with Gasteiger partial charge < -0.3 is 14.8 Å². The molecule has 0 aliphatic carbocycles. The molecule has 0 spiro atoms. The molecule has 2 heterocycles. The molecule has 1 unspecified atom stereocenters. The van der Waals surface area contributed by atoms with Gasteiger partial charge in [0, 0.05) is 22.6 Å². The van der Waals surface area contributed by atoms with Crippen molar-refractivity contribution in [1.82, 2.24) is 5.32 Å². The normalized spacial score (nSPS) is 19.6. The Morgan fingerprint density at radius 1 is 1.37 bits per heavy atom. The third-order valence-electron chi connectivity index (χ3n) is 4.76. The van der Waals surface area contributed by atoms with Crippen LogP contribution in [0.5, 0.6) is 11.5 Å². The molecule has 4 nitrogen and oxygen atoms in total. The molecule has 6 heteroatoms. The first kappa shape index (κ1) is 18.2. The number of fused-ring (bicyclic) bond motifs is 2. The molecule has 4 rings (SSSR count). The Morgan fingerprint density at radius 2 is 2.22 bits per heavy atom. The van der Waals surface area contributed by atoms with Gasteiger partial charge in [0.15, 0.2) is 18.1 Å². The van der Waals surface area contributed by atoms with Crippen LogP contribution >= 0.6 is 11.8 Å². The molecule has 142 valence electrons. The highest BCUT2D eigenvalue weighted by Crippen LogP contribution is 2.41. The van der Waals surface area contributed by atoms with E-state index in [4.69, 9.17) is 9.47 Å². The Bertz CT molecular complexity index is 884. The van der Waals surface area contributed by atoms with E-state index in [1.54, 1.807) is 17.8 Å². The van der Waals surface area contributed by atoms with Gasteiger partial charge in [0.05, 0.1) is 6.04 Å². The fourth-order valence-electron chi connectivity index (χ4n) is 3.60. The van der Waals surface area contributed by atoms with Crippen molar-refractivity contribution in [2.24, 2.45) is 0 Å². The monoisotopic (exact) mass is 387 g/mol. The third kappa shape index (κ3) is 3.90. The summed E-state index contributed by atoms with van der Waals surface area (Å²) in [6, 6.07) is 10.3. The van der Waals surface area contributed by atoms with Crippen molar-refractivity contribution in [3.8, 4) is 11.5 Å². The maximum Gasteiger partial charge on any atom is 0.258 e. The summed E-state index contributed by atoms with van der Waals surface area (Å²) in [5, 5.41) is 2.97. The van der Waals surface area contributed by atoms with Crippen LogP contribution in [-0.2, 0) is 11.2 Å². The maximum atomic E-state index is 13.6. The number of nitrogens with one attached hydrogen (secondary N) is 1. The predicted molar refractivity (Wildman–Crippen MR) is 103 cm³/mol. The van der Waals surface area contributed by atoms with Crippen LogP contribution in [-0.4, -0.2) is 23.9 Å². The van der Waals surface area contributed by atoms with Gasteiger partial charge in [0.25, 0.3) is 5.91 Å². The maximum absolute atomic E-state index is 13.6. The zero-order valence-corrected chi connectivity index (χ0v) is 16.2. The summed E-state index contributed by atoms with van der Waals surface area (Å²) >= 11 is 1.69. The Kier molecular flexibility index (Phi) is 4.76. The summed E-state index contributed by atoms with van der Waals surface area (Å²) in [5.41, 5.74) is 1.66. The fourth-order valence-corrected chi connectivity index (χ4v) is 4.70. The first-order valence-electron chi connectivity index (χ1n) is 9.07. The van der Waals surface area contributed by atoms with Crippen LogP contribution in [0, 0.1) is 5.82 Å². The van der Waals surface area contributed by atoms with Crippen LogP contribution in [0.25, 0.3) is 0 Å². The van der Waals surface area contributed by atoms with Crippen LogP contribution in [0.3, 0.4) is 0 Å². The van der Waals surface area contributed by atoms with E-state index >= 15 is 0 Å². The molecule has 2 aromatic rings. The number of para-hydroxylation sites is 1. The molecule has 0 radical (unpaired) electrons. The third-order valence-corrected chi connectivity index (χ3v) is 5.88. The smallest absolute Gasteiger partial charge is 0.258 e. The van der Waals surface area contributed by atoms with Crippen molar-refractivity contribution in [1.29, 1.82) is 0 Å². The van der Waals surface area contributed by atoms with Crippen LogP contribution in [0.2, 0.25) is 0 Å². The van der Waals surface area contributed by atoms with Crippen LogP contribution < -0.4 is 14.8 Å². The Morgan fingerprint density at radius 3 is 3.07 bits per heavy atom. The molecule has 0 bridgehead atoms. The van der Waals surface area contributed by atoms with Gasteiger partial charge in [0.2, 0.25) is 0 Å². The van der Waals surface area contributed by atoms with Gasteiger partial charge in [-0.25, -0.2) is 4.39 Å². The van der Waals surface area contributed by atoms with Gasteiger partial charge in [-0.05, 0) is 50.1 Å². The summed E-state index contributed by atoms with van der Waals surface area (Å²) < 4.78 is 25.3. The van der Waals surface area contributed by atoms with Crippen molar-refractivity contribution in [2.75, 3.05) is 12.4 Å². The molecule has 0 saturated carbocycles. The number of ether oxygens (including phenoxy) is 2. The van der Waals surface area contributed by atoms with Crippen molar-refractivity contribution in [3.63, 3.8) is 0 Å². The molecular formula is C21H22FNO3S. The second-order valence-electron chi connectivity index (χ2n) is 7.51. The lowest BCUT2D eigenvalue weighted by atomic mass is 10.0. The molecule has 1 amide bonds. The minimum absolute atomic E-state index is 0.103. The largest absolute Gasteiger partial charge is 0.483 e. The lowest BCUT2D eigenvalue weighted by Crippen LogP contribution is -2.34. The first-order chi connectivity index (χ1) is 12.9. The highest BCUT2D eigenvalue weighted by atomic mass is 32.2. The molecule has 2 aliphatic heterocycles. The minimum atomic E-state index is -0.286. The lowest BCUT2D eigenvalue weighted by molar-refractivity contribution is -0.123. The van der Waals surface area contributed by atoms with E-state index in [0.29, 0.717) is 5.75 Å². The number of thioether (sulfide) groups is 1. The van der Waals surface area contributed by atoms with E-state index in [1.807, 2.05) is 32.0 Å². The van der Waals surface area contributed by atoms with Crippen LogP contribution in [0.4, 0.5) is 4.39 Å². The second kappa shape index (κ2) is 7.08. The van der Waals surface area contributed by atoms with Crippen LogP contribution in [0.15, 0.2) is 41.3 Å². The highest BCUT2D eigenvalue weighted by molar-refractivity contribution is 7.99. The summed E-state index contributed by atoms with van der Waals surface area (Å²) in [5.74, 6) is 1.68. The molecule has 2 aromatic carbocycles. The number of hydrogen-bond donors (Lipinski definition) is 1. The van der Waals surface area contributed by atoms with E-state index in [2.05, 4.69) is 5.32 Å². The van der Waals surface area contributed by atoms with Crippen LogP contribution in [0.1, 0.15) is 37.4 Å². The zero-order chi connectivity index (χ0) is 19.0. The van der Waals surface area contributed by atoms with Crippen molar-refractivity contribution in [2.45, 2.75) is 43.2 Å². The van der Waals surface area contributed by atoms with E-state index in [-0.39, 0.29) is 30.0 Å². The standard InChI is InChI=1S/C21H22FNO3S/c1-21(2)11-13-4-3-5-17(20(13)26-21)25-12-19(24)23-16-8-9-27-18-7-6-14(22)10-15(16)18/h3-7,10,16H,8-9,11-12H2,1-2H3,(H,23,24). The van der Waals surface area contributed by atoms with Gasteiger partial charge in [-0.15, -0.1) is 11.8 Å². The van der Waals surface area contributed by atoms with E-state index in [1.165, 1.54) is 12.1 Å².